The topological polar surface area (TPSA) is 98.7 Å². The second kappa shape index (κ2) is 8.09. The van der Waals surface area contributed by atoms with Gasteiger partial charge in [0.1, 0.15) is 12.7 Å². The van der Waals surface area contributed by atoms with E-state index in [1.165, 1.54) is 6.33 Å². The van der Waals surface area contributed by atoms with Crippen molar-refractivity contribution in [2.24, 2.45) is 0 Å². The molecule has 1 N–H and O–H groups in total. The van der Waals surface area contributed by atoms with Crippen molar-refractivity contribution in [3.63, 3.8) is 0 Å². The summed E-state index contributed by atoms with van der Waals surface area (Å²) in [4.78, 5) is 20.5. The number of anilines is 1. The lowest BCUT2D eigenvalue weighted by atomic mass is 10.2. The molecular weight excluding hydrogens is 356 g/mol. The maximum absolute atomic E-state index is 12.3. The van der Waals surface area contributed by atoms with Gasteiger partial charge in [0.15, 0.2) is 5.82 Å². The molecule has 3 rings (SSSR count). The maximum Gasteiger partial charge on any atom is 0.226 e. The van der Waals surface area contributed by atoms with E-state index in [1.54, 1.807) is 29.2 Å². The van der Waals surface area contributed by atoms with Gasteiger partial charge in [0.05, 0.1) is 11.4 Å². The molecular formula is C17H19ClN6O2. The van der Waals surface area contributed by atoms with Gasteiger partial charge in [-0.1, -0.05) is 30.6 Å². The quantitative estimate of drug-likeness (QED) is 0.680. The molecule has 3 aromatic rings. The van der Waals surface area contributed by atoms with Crippen LogP contribution in [-0.2, 0) is 11.2 Å². The van der Waals surface area contributed by atoms with Gasteiger partial charge in [0.2, 0.25) is 11.8 Å². The summed E-state index contributed by atoms with van der Waals surface area (Å²) < 4.78 is 6.75. The third-order valence-electron chi connectivity index (χ3n) is 3.69. The van der Waals surface area contributed by atoms with Crippen molar-refractivity contribution in [2.75, 3.05) is 5.32 Å². The highest BCUT2D eigenvalue weighted by molar-refractivity contribution is 6.31. The first-order chi connectivity index (χ1) is 12.5. The molecule has 8 nitrogen and oxygen atoms in total. The van der Waals surface area contributed by atoms with Crippen molar-refractivity contribution in [3.05, 3.63) is 47.6 Å². The first-order valence-corrected chi connectivity index (χ1v) is 8.67. The molecule has 1 amide bonds. The lowest BCUT2D eigenvalue weighted by Crippen LogP contribution is -2.14. The third kappa shape index (κ3) is 4.45. The monoisotopic (exact) mass is 374 g/mol. The van der Waals surface area contributed by atoms with Gasteiger partial charge >= 0.3 is 0 Å². The van der Waals surface area contributed by atoms with Crippen LogP contribution in [0.4, 0.5) is 5.69 Å². The minimum atomic E-state index is -0.128. The Morgan fingerprint density at radius 2 is 2.23 bits per heavy atom. The molecule has 0 aliphatic heterocycles. The molecule has 9 heteroatoms. The smallest absolute Gasteiger partial charge is 0.226 e. The summed E-state index contributed by atoms with van der Waals surface area (Å²) in [5, 5.41) is 11.4. The fraction of sp³-hybridized carbons (Fsp3) is 0.353. The lowest BCUT2D eigenvalue weighted by Gasteiger charge is -2.11. The van der Waals surface area contributed by atoms with E-state index in [0.29, 0.717) is 47.4 Å². The van der Waals surface area contributed by atoms with E-state index in [0.717, 1.165) is 0 Å². The predicted octanol–water partition coefficient (Wildman–Crippen LogP) is 3.39. The second-order valence-electron chi connectivity index (χ2n) is 6.10. The molecule has 2 heterocycles. The Balaban J connectivity index is 1.59. The largest absolute Gasteiger partial charge is 0.339 e. The number of aromatic nitrogens is 5. The number of hydrogen-bond donors (Lipinski definition) is 1. The zero-order valence-corrected chi connectivity index (χ0v) is 15.3. The number of amides is 1. The maximum atomic E-state index is 12.3. The molecule has 0 spiro atoms. The van der Waals surface area contributed by atoms with Gasteiger partial charge in [-0.25, -0.2) is 9.67 Å². The average molecular weight is 375 g/mol. The van der Waals surface area contributed by atoms with E-state index in [1.807, 2.05) is 13.8 Å². The number of rotatable bonds is 7. The van der Waals surface area contributed by atoms with Gasteiger partial charge in [-0.05, 0) is 24.6 Å². The minimum absolute atomic E-state index is 0.128. The molecule has 2 aromatic heterocycles. The van der Waals surface area contributed by atoms with Crippen LogP contribution < -0.4 is 5.32 Å². The zero-order valence-electron chi connectivity index (χ0n) is 14.5. The van der Waals surface area contributed by atoms with E-state index in [9.17, 15) is 4.79 Å². The van der Waals surface area contributed by atoms with E-state index in [-0.39, 0.29) is 11.8 Å². The fourth-order valence-corrected chi connectivity index (χ4v) is 2.53. The number of aryl methyl sites for hydroxylation is 1. The van der Waals surface area contributed by atoms with Gasteiger partial charge in [-0.3, -0.25) is 4.79 Å². The minimum Gasteiger partial charge on any atom is -0.339 e. The van der Waals surface area contributed by atoms with Gasteiger partial charge in [-0.2, -0.15) is 10.1 Å². The van der Waals surface area contributed by atoms with Crippen molar-refractivity contribution in [1.82, 2.24) is 24.9 Å². The van der Waals surface area contributed by atoms with Crippen LogP contribution in [0.5, 0.6) is 0 Å². The van der Waals surface area contributed by atoms with Crippen molar-refractivity contribution in [2.45, 2.75) is 39.0 Å². The van der Waals surface area contributed by atoms with E-state index in [2.05, 4.69) is 25.5 Å². The summed E-state index contributed by atoms with van der Waals surface area (Å²) in [7, 11) is 0. The lowest BCUT2D eigenvalue weighted by molar-refractivity contribution is -0.116. The molecule has 0 aliphatic carbocycles. The van der Waals surface area contributed by atoms with Crippen LogP contribution in [0.2, 0.25) is 5.02 Å². The number of carbonyl (C=O) groups is 1. The van der Waals surface area contributed by atoms with Crippen LogP contribution >= 0.6 is 11.6 Å². The van der Waals surface area contributed by atoms with Crippen molar-refractivity contribution in [1.29, 1.82) is 0 Å². The Hall–Kier alpha value is -2.74. The Kier molecular flexibility index (Phi) is 5.62. The Morgan fingerprint density at radius 1 is 1.38 bits per heavy atom. The Morgan fingerprint density at radius 3 is 2.92 bits per heavy atom. The normalized spacial score (nSPS) is 11.1. The fourth-order valence-electron chi connectivity index (χ4n) is 2.36. The molecule has 136 valence electrons. The standard InChI is InChI=1S/C17H19ClN6O2/c1-11(2)17-22-16(26-23-17)5-3-4-15(25)21-13-8-12(18)6-7-14(13)24-10-19-9-20-24/h6-11H,3-5H2,1-2H3,(H,21,25). The SMILES string of the molecule is CC(C)c1noc(CCCC(=O)Nc2cc(Cl)ccc2-n2cncn2)n1. The van der Waals surface area contributed by atoms with Crippen LogP contribution in [-0.4, -0.2) is 30.8 Å². The Labute approximate surface area is 155 Å². The highest BCUT2D eigenvalue weighted by atomic mass is 35.5. The van der Waals surface area contributed by atoms with Crippen LogP contribution in [0.15, 0.2) is 35.4 Å². The van der Waals surface area contributed by atoms with Crippen molar-refractivity contribution in [3.8, 4) is 5.69 Å². The zero-order chi connectivity index (χ0) is 18.5. The van der Waals surface area contributed by atoms with E-state index >= 15 is 0 Å². The third-order valence-corrected chi connectivity index (χ3v) is 3.93. The summed E-state index contributed by atoms with van der Waals surface area (Å²) in [5.41, 5.74) is 1.27. The summed E-state index contributed by atoms with van der Waals surface area (Å²) in [6.45, 7) is 4.00. The summed E-state index contributed by atoms with van der Waals surface area (Å²) in [6, 6.07) is 5.19. The van der Waals surface area contributed by atoms with Crippen LogP contribution in [0, 0.1) is 0 Å². The number of carbonyl (C=O) groups excluding carboxylic acids is 1. The molecule has 0 bridgehead atoms. The van der Waals surface area contributed by atoms with E-state index < -0.39 is 0 Å². The van der Waals surface area contributed by atoms with Gasteiger partial charge < -0.3 is 9.84 Å². The molecule has 0 aliphatic rings. The molecule has 0 saturated heterocycles. The molecule has 0 saturated carbocycles. The first kappa shape index (κ1) is 18.1. The van der Waals surface area contributed by atoms with Crippen LogP contribution in [0.1, 0.15) is 44.3 Å². The summed E-state index contributed by atoms with van der Waals surface area (Å²) in [6.07, 6.45) is 4.46. The first-order valence-electron chi connectivity index (χ1n) is 8.30. The number of halogens is 1. The summed E-state index contributed by atoms with van der Waals surface area (Å²) in [5.74, 6) is 1.32. The van der Waals surface area contributed by atoms with Crippen molar-refractivity contribution >= 4 is 23.2 Å². The number of nitrogens with one attached hydrogen (secondary N) is 1. The van der Waals surface area contributed by atoms with Crippen molar-refractivity contribution < 1.29 is 9.32 Å². The average Bonchev–Trinajstić information content (AvgIpc) is 3.26. The highest BCUT2D eigenvalue weighted by Crippen LogP contribution is 2.24. The summed E-state index contributed by atoms with van der Waals surface area (Å²) >= 11 is 6.05. The Bertz CT molecular complexity index is 875. The van der Waals surface area contributed by atoms with Gasteiger partial charge in [0, 0.05) is 23.8 Å². The highest BCUT2D eigenvalue weighted by Gasteiger charge is 2.12. The molecule has 0 atom stereocenters. The van der Waals surface area contributed by atoms with Gasteiger partial charge in [-0.15, -0.1) is 0 Å². The predicted molar refractivity (Wildman–Crippen MR) is 96.3 cm³/mol. The molecule has 1 aromatic carbocycles. The molecule has 0 unspecified atom stereocenters. The van der Waals surface area contributed by atoms with Crippen LogP contribution in [0.25, 0.3) is 5.69 Å². The number of benzene rings is 1. The molecule has 26 heavy (non-hydrogen) atoms. The van der Waals surface area contributed by atoms with Gasteiger partial charge in [0.25, 0.3) is 0 Å². The van der Waals surface area contributed by atoms with Crippen LogP contribution in [0.3, 0.4) is 0 Å². The van der Waals surface area contributed by atoms with E-state index in [4.69, 9.17) is 16.1 Å². The molecule has 0 fully saturated rings. The molecule has 0 radical (unpaired) electrons. The second-order valence-corrected chi connectivity index (χ2v) is 6.54. The number of hydrogen-bond acceptors (Lipinski definition) is 6. The number of nitrogens with zero attached hydrogens (tertiary/aromatic N) is 5.